The third-order valence-electron chi connectivity index (χ3n) is 5.95. The van der Waals surface area contributed by atoms with Crippen molar-refractivity contribution in [2.45, 2.75) is 38.6 Å². The number of hydrogen-bond donors (Lipinski definition) is 2. The number of nitrogens with one attached hydrogen (secondary N) is 2. The maximum absolute atomic E-state index is 12.4. The lowest BCUT2D eigenvalue weighted by Gasteiger charge is -2.31. The van der Waals surface area contributed by atoms with E-state index in [1.54, 1.807) is 13.0 Å². The zero-order chi connectivity index (χ0) is 21.1. The molecule has 30 heavy (non-hydrogen) atoms. The molecule has 0 bridgehead atoms. The number of benzene rings is 1. The second kappa shape index (κ2) is 8.87. The van der Waals surface area contributed by atoms with Crippen LogP contribution in [-0.4, -0.2) is 55.1 Å². The van der Waals surface area contributed by atoms with Gasteiger partial charge in [-0.3, -0.25) is 19.8 Å². The van der Waals surface area contributed by atoms with Gasteiger partial charge in [0.2, 0.25) is 0 Å². The molecule has 3 heterocycles. The number of likely N-dealkylation sites (tertiary alicyclic amines) is 1. The second-order valence-corrected chi connectivity index (χ2v) is 8.16. The van der Waals surface area contributed by atoms with Crippen molar-refractivity contribution >= 4 is 23.3 Å². The highest BCUT2D eigenvalue weighted by atomic mass is 16.5. The molecule has 160 valence electrons. The van der Waals surface area contributed by atoms with Gasteiger partial charge in [0.1, 0.15) is 5.76 Å². The molecule has 2 amide bonds. The van der Waals surface area contributed by atoms with Gasteiger partial charge in [0.15, 0.2) is 5.82 Å². The number of nitrogens with zero attached hydrogens (tertiary/aromatic N) is 3. The lowest BCUT2D eigenvalue weighted by Crippen LogP contribution is -2.41. The summed E-state index contributed by atoms with van der Waals surface area (Å²) in [5.74, 6) is -0.603. The number of carbonyl (C=O) groups is 2. The molecule has 8 heteroatoms. The first-order chi connectivity index (χ1) is 14.5. The Morgan fingerprint density at radius 3 is 2.67 bits per heavy atom. The van der Waals surface area contributed by atoms with Crippen LogP contribution in [0.2, 0.25) is 0 Å². The number of carbonyl (C=O) groups excluding carboxylic acids is 2. The Kier molecular flexibility index (Phi) is 6.03. The Balaban J connectivity index is 1.45. The maximum Gasteiger partial charge on any atom is 0.314 e. The summed E-state index contributed by atoms with van der Waals surface area (Å²) < 4.78 is 4.92. The van der Waals surface area contributed by atoms with Crippen LogP contribution in [-0.2, 0) is 16.0 Å². The number of rotatable bonds is 5. The highest BCUT2D eigenvalue weighted by Gasteiger charge is 2.26. The van der Waals surface area contributed by atoms with Gasteiger partial charge in [-0.15, -0.1) is 0 Å². The molecule has 0 radical (unpaired) electrons. The fourth-order valence-corrected chi connectivity index (χ4v) is 4.39. The van der Waals surface area contributed by atoms with Gasteiger partial charge in [-0.05, 0) is 62.9 Å². The highest BCUT2D eigenvalue weighted by Crippen LogP contribution is 2.31. The Morgan fingerprint density at radius 2 is 1.93 bits per heavy atom. The number of hydrogen-bond acceptors (Lipinski definition) is 6. The van der Waals surface area contributed by atoms with E-state index in [-0.39, 0.29) is 11.9 Å². The fourth-order valence-electron chi connectivity index (χ4n) is 4.39. The molecule has 1 saturated heterocycles. The Hall–Kier alpha value is -2.87. The molecule has 0 aliphatic carbocycles. The van der Waals surface area contributed by atoms with E-state index >= 15 is 0 Å². The van der Waals surface area contributed by atoms with E-state index in [0.29, 0.717) is 12.3 Å². The van der Waals surface area contributed by atoms with Gasteiger partial charge in [0.05, 0.1) is 6.04 Å². The van der Waals surface area contributed by atoms with E-state index in [0.717, 1.165) is 45.3 Å². The SMILES string of the molecule is Cc1cc(NC(=O)C(=O)NC[C@H](c2ccc3c(c2)CCCN3C)N2CCCC2)no1. The van der Waals surface area contributed by atoms with Gasteiger partial charge < -0.3 is 14.7 Å². The van der Waals surface area contributed by atoms with Crippen LogP contribution in [0.4, 0.5) is 11.5 Å². The molecule has 8 nitrogen and oxygen atoms in total. The summed E-state index contributed by atoms with van der Waals surface area (Å²) >= 11 is 0. The molecular weight excluding hydrogens is 382 g/mol. The number of fused-ring (bicyclic) bond motifs is 1. The van der Waals surface area contributed by atoms with Gasteiger partial charge in [-0.25, -0.2) is 0 Å². The molecule has 2 aliphatic heterocycles. The Bertz CT molecular complexity index is 919. The van der Waals surface area contributed by atoms with Crippen LogP contribution in [0, 0.1) is 6.92 Å². The fraction of sp³-hybridized carbons (Fsp3) is 0.500. The summed E-state index contributed by atoms with van der Waals surface area (Å²) in [6.45, 7) is 5.19. The summed E-state index contributed by atoms with van der Waals surface area (Å²) in [6.07, 6.45) is 4.54. The summed E-state index contributed by atoms with van der Waals surface area (Å²) in [7, 11) is 2.13. The van der Waals surface area contributed by atoms with Gasteiger partial charge >= 0.3 is 11.8 Å². The van der Waals surface area contributed by atoms with E-state index < -0.39 is 11.8 Å². The van der Waals surface area contributed by atoms with Crippen molar-refractivity contribution < 1.29 is 14.1 Å². The Labute approximate surface area is 176 Å². The molecule has 1 atom stereocenters. The average molecular weight is 412 g/mol. The first-order valence-corrected chi connectivity index (χ1v) is 10.6. The van der Waals surface area contributed by atoms with Crippen molar-refractivity contribution in [3.8, 4) is 0 Å². The van der Waals surface area contributed by atoms with Crippen LogP contribution in [0.3, 0.4) is 0 Å². The minimum absolute atomic E-state index is 0.0519. The molecule has 0 saturated carbocycles. The lowest BCUT2D eigenvalue weighted by atomic mass is 9.96. The zero-order valence-corrected chi connectivity index (χ0v) is 17.6. The van der Waals surface area contributed by atoms with Crippen molar-refractivity contribution in [1.29, 1.82) is 0 Å². The van der Waals surface area contributed by atoms with E-state index in [1.165, 1.54) is 16.8 Å². The second-order valence-electron chi connectivity index (χ2n) is 8.16. The quantitative estimate of drug-likeness (QED) is 0.734. The van der Waals surface area contributed by atoms with E-state index in [1.807, 2.05) is 0 Å². The first kappa shape index (κ1) is 20.4. The molecule has 1 fully saturated rings. The van der Waals surface area contributed by atoms with Crippen molar-refractivity contribution in [3.05, 3.63) is 41.2 Å². The predicted molar refractivity (Wildman–Crippen MR) is 114 cm³/mol. The maximum atomic E-state index is 12.4. The minimum atomic E-state index is -0.740. The summed E-state index contributed by atoms with van der Waals surface area (Å²) in [4.78, 5) is 29.3. The highest BCUT2D eigenvalue weighted by molar-refractivity contribution is 6.39. The topological polar surface area (TPSA) is 90.7 Å². The molecule has 1 aromatic heterocycles. The number of aryl methyl sites for hydroxylation is 2. The van der Waals surface area contributed by atoms with Gasteiger partial charge in [-0.1, -0.05) is 17.3 Å². The van der Waals surface area contributed by atoms with Crippen LogP contribution >= 0.6 is 0 Å². The third-order valence-corrected chi connectivity index (χ3v) is 5.95. The van der Waals surface area contributed by atoms with Crippen LogP contribution < -0.4 is 15.5 Å². The molecule has 0 unspecified atom stereocenters. The molecule has 1 aromatic carbocycles. The largest absolute Gasteiger partial charge is 0.374 e. The van der Waals surface area contributed by atoms with E-state index in [2.05, 4.69) is 50.8 Å². The van der Waals surface area contributed by atoms with Crippen LogP contribution in [0.1, 0.15) is 42.2 Å². The third kappa shape index (κ3) is 4.48. The zero-order valence-electron chi connectivity index (χ0n) is 17.6. The van der Waals surface area contributed by atoms with Crippen molar-refractivity contribution in [2.24, 2.45) is 0 Å². The summed E-state index contributed by atoms with van der Waals surface area (Å²) in [5, 5.41) is 8.97. The number of amides is 2. The molecule has 0 spiro atoms. The van der Waals surface area contributed by atoms with E-state index in [9.17, 15) is 9.59 Å². The summed E-state index contributed by atoms with van der Waals surface area (Å²) in [5.41, 5.74) is 3.84. The van der Waals surface area contributed by atoms with Crippen molar-refractivity contribution in [1.82, 2.24) is 15.4 Å². The summed E-state index contributed by atoms with van der Waals surface area (Å²) in [6, 6.07) is 8.25. The smallest absolute Gasteiger partial charge is 0.314 e. The molecule has 2 N–H and O–H groups in total. The normalized spacial score (nSPS) is 17.5. The Morgan fingerprint density at radius 1 is 1.13 bits per heavy atom. The van der Waals surface area contributed by atoms with Gasteiger partial charge in [0.25, 0.3) is 0 Å². The lowest BCUT2D eigenvalue weighted by molar-refractivity contribution is -0.136. The minimum Gasteiger partial charge on any atom is -0.374 e. The van der Waals surface area contributed by atoms with Crippen LogP contribution in [0.15, 0.2) is 28.8 Å². The predicted octanol–water partition coefficient (Wildman–Crippen LogP) is 2.26. The average Bonchev–Trinajstić information content (AvgIpc) is 3.40. The molecular formula is C22H29N5O3. The van der Waals surface area contributed by atoms with E-state index in [4.69, 9.17) is 4.52 Å². The molecule has 4 rings (SSSR count). The van der Waals surface area contributed by atoms with Crippen molar-refractivity contribution in [2.75, 3.05) is 43.4 Å². The van der Waals surface area contributed by atoms with Crippen LogP contribution in [0.25, 0.3) is 0 Å². The van der Waals surface area contributed by atoms with Gasteiger partial charge in [0, 0.05) is 31.9 Å². The number of anilines is 2. The van der Waals surface area contributed by atoms with Crippen LogP contribution in [0.5, 0.6) is 0 Å². The first-order valence-electron chi connectivity index (χ1n) is 10.6. The molecule has 2 aliphatic rings. The molecule has 2 aromatic rings. The standard InChI is InChI=1S/C22H29N5O3/c1-15-12-20(25-30-15)24-22(29)21(28)23-14-19(27-10-3-4-11-27)17-7-8-18-16(13-17)6-5-9-26(18)2/h7-8,12-13,19H,3-6,9-11,14H2,1-2H3,(H,23,28)(H,24,25,29)/t19-/m1/s1. The number of aromatic nitrogens is 1. The van der Waals surface area contributed by atoms with Crippen molar-refractivity contribution in [3.63, 3.8) is 0 Å². The van der Waals surface area contributed by atoms with Gasteiger partial charge in [-0.2, -0.15) is 0 Å². The monoisotopic (exact) mass is 411 g/mol.